The van der Waals surface area contributed by atoms with Crippen LogP contribution < -0.4 is 21.5 Å². The van der Waals surface area contributed by atoms with E-state index in [1.807, 2.05) is 0 Å². The minimum absolute atomic E-state index is 0.0377. The minimum atomic E-state index is -0.856. The van der Waals surface area contributed by atoms with Crippen LogP contribution in [0.25, 0.3) is 0 Å². The van der Waals surface area contributed by atoms with E-state index in [1.54, 1.807) is 42.5 Å². The van der Waals surface area contributed by atoms with E-state index in [9.17, 15) is 9.59 Å². The molecule has 1 aliphatic heterocycles. The second-order valence-electron chi connectivity index (χ2n) is 6.34. The molecule has 27 heavy (non-hydrogen) atoms. The van der Waals surface area contributed by atoms with Crippen molar-refractivity contribution in [3.63, 3.8) is 0 Å². The van der Waals surface area contributed by atoms with E-state index in [0.29, 0.717) is 35.7 Å². The van der Waals surface area contributed by atoms with E-state index in [-0.39, 0.29) is 24.2 Å². The smallest absolute Gasteiger partial charge is 0.303 e. The van der Waals surface area contributed by atoms with Gasteiger partial charge >= 0.3 is 5.97 Å². The van der Waals surface area contributed by atoms with Gasteiger partial charge in [-0.05, 0) is 54.4 Å². The molecular formula is C19H20N4O4. The third kappa shape index (κ3) is 4.75. The molecule has 0 saturated heterocycles. The number of amides is 1. The number of hydrogen-bond acceptors (Lipinski definition) is 4. The molecule has 0 aromatic heterocycles. The van der Waals surface area contributed by atoms with Gasteiger partial charge in [-0.3, -0.25) is 9.59 Å². The number of carboxylic acid groups (broad SMARTS) is 1. The van der Waals surface area contributed by atoms with E-state index in [0.717, 1.165) is 5.56 Å². The first-order valence-electron chi connectivity index (χ1n) is 8.39. The van der Waals surface area contributed by atoms with Gasteiger partial charge in [0.25, 0.3) is 5.91 Å². The molecule has 6 N–H and O–H groups in total. The lowest BCUT2D eigenvalue weighted by Crippen LogP contribution is -2.24. The maximum atomic E-state index is 12.5. The quantitative estimate of drug-likeness (QED) is 0.469. The van der Waals surface area contributed by atoms with Gasteiger partial charge in [0, 0.05) is 17.2 Å². The molecule has 0 fully saturated rings. The van der Waals surface area contributed by atoms with Crippen LogP contribution >= 0.6 is 0 Å². The fourth-order valence-corrected chi connectivity index (χ4v) is 2.95. The van der Waals surface area contributed by atoms with Gasteiger partial charge in [-0.2, -0.15) is 0 Å². The van der Waals surface area contributed by atoms with Crippen LogP contribution in [0.2, 0.25) is 0 Å². The van der Waals surface area contributed by atoms with Crippen molar-refractivity contribution in [2.45, 2.75) is 12.8 Å². The number of anilines is 1. The summed E-state index contributed by atoms with van der Waals surface area (Å²) in [4.78, 5) is 27.3. The van der Waals surface area contributed by atoms with Crippen LogP contribution in [0.1, 0.15) is 22.3 Å². The number of aliphatic carboxylic acids is 1. The van der Waals surface area contributed by atoms with Gasteiger partial charge in [0.05, 0.1) is 18.7 Å². The number of carbonyl (C=O) groups excluding carboxylic acids is 1. The number of benzene rings is 2. The number of fused-ring (bicyclic) bond motifs is 1. The highest BCUT2D eigenvalue weighted by molar-refractivity contribution is 6.04. The predicted octanol–water partition coefficient (Wildman–Crippen LogP) is 1.87. The molecule has 8 heteroatoms. The summed E-state index contributed by atoms with van der Waals surface area (Å²) >= 11 is 0. The molecule has 0 saturated carbocycles. The highest BCUT2D eigenvalue weighted by atomic mass is 16.5. The third-order valence-electron chi connectivity index (χ3n) is 4.15. The Morgan fingerprint density at radius 1 is 1.19 bits per heavy atom. The number of rotatable bonds is 5. The summed E-state index contributed by atoms with van der Waals surface area (Å²) < 4.78 is 5.61. The Morgan fingerprint density at radius 3 is 2.59 bits per heavy atom. The lowest BCUT2D eigenvalue weighted by atomic mass is 9.93. The Balaban J connectivity index is 1.70. The molecule has 1 unspecified atom stereocenters. The van der Waals surface area contributed by atoms with Crippen molar-refractivity contribution in [1.82, 2.24) is 0 Å². The van der Waals surface area contributed by atoms with Gasteiger partial charge in [-0.15, -0.1) is 0 Å². The highest BCUT2D eigenvalue weighted by Gasteiger charge is 2.23. The fourth-order valence-electron chi connectivity index (χ4n) is 2.95. The number of carbonyl (C=O) groups is 2. The first kappa shape index (κ1) is 18.2. The second-order valence-corrected chi connectivity index (χ2v) is 6.34. The topological polar surface area (TPSA) is 140 Å². The molecule has 1 atom stereocenters. The standard InChI is InChI=1S/C19H20N4O4/c20-19(21)23-15-4-2-14(3-5-15)22-18(26)12-1-6-16-13(9-12)7-11(10-27-16)8-17(24)25/h1-6,9,11H,7-8,10H2,(H,22,26)(H,24,25)(H4,20,21,23). The first-order chi connectivity index (χ1) is 12.9. The van der Waals surface area contributed by atoms with Crippen LogP contribution in [0.4, 0.5) is 11.4 Å². The fraction of sp³-hybridized carbons (Fsp3) is 0.211. The molecule has 140 valence electrons. The number of nitrogens with zero attached hydrogens (tertiary/aromatic N) is 1. The molecular weight excluding hydrogens is 348 g/mol. The summed E-state index contributed by atoms with van der Waals surface area (Å²) in [7, 11) is 0. The normalized spacial score (nSPS) is 15.2. The Labute approximate surface area is 155 Å². The summed E-state index contributed by atoms with van der Waals surface area (Å²) in [5.41, 5.74) is 13.2. The third-order valence-corrected chi connectivity index (χ3v) is 4.15. The van der Waals surface area contributed by atoms with Crippen molar-refractivity contribution >= 4 is 29.2 Å². The van der Waals surface area contributed by atoms with Crippen molar-refractivity contribution in [2.24, 2.45) is 22.4 Å². The molecule has 0 spiro atoms. The molecule has 2 aromatic carbocycles. The predicted molar refractivity (Wildman–Crippen MR) is 101 cm³/mol. The van der Waals surface area contributed by atoms with Crippen molar-refractivity contribution in [3.05, 3.63) is 53.6 Å². The van der Waals surface area contributed by atoms with Crippen molar-refractivity contribution < 1.29 is 19.4 Å². The van der Waals surface area contributed by atoms with Crippen molar-refractivity contribution in [2.75, 3.05) is 11.9 Å². The van der Waals surface area contributed by atoms with Gasteiger partial charge < -0.3 is 26.6 Å². The zero-order valence-electron chi connectivity index (χ0n) is 14.5. The van der Waals surface area contributed by atoms with Crippen LogP contribution in [0.5, 0.6) is 5.75 Å². The summed E-state index contributed by atoms with van der Waals surface area (Å²) in [5, 5.41) is 11.8. The molecule has 2 aromatic rings. The zero-order valence-corrected chi connectivity index (χ0v) is 14.5. The molecule has 0 radical (unpaired) electrons. The van der Waals surface area contributed by atoms with Crippen LogP contribution in [-0.2, 0) is 11.2 Å². The summed E-state index contributed by atoms with van der Waals surface area (Å²) in [6, 6.07) is 11.9. The summed E-state index contributed by atoms with van der Waals surface area (Å²) in [5.74, 6) is -0.576. The molecule has 1 amide bonds. The zero-order chi connectivity index (χ0) is 19.4. The van der Waals surface area contributed by atoms with Gasteiger partial charge in [0.2, 0.25) is 0 Å². The monoisotopic (exact) mass is 368 g/mol. The Morgan fingerprint density at radius 2 is 1.93 bits per heavy atom. The van der Waals surface area contributed by atoms with Crippen LogP contribution in [-0.4, -0.2) is 29.5 Å². The number of nitrogens with two attached hydrogens (primary N) is 2. The SMILES string of the molecule is NC(N)=Nc1ccc(NC(=O)c2ccc3c(c2)CC(CC(=O)O)CO3)cc1. The lowest BCUT2D eigenvalue weighted by Gasteiger charge is -2.24. The molecule has 8 nitrogen and oxygen atoms in total. The van der Waals surface area contributed by atoms with Gasteiger partial charge in [-0.25, -0.2) is 4.99 Å². The van der Waals surface area contributed by atoms with E-state index in [2.05, 4.69) is 10.3 Å². The number of hydrogen-bond donors (Lipinski definition) is 4. The number of guanidine groups is 1. The maximum absolute atomic E-state index is 12.5. The van der Waals surface area contributed by atoms with Crippen molar-refractivity contribution in [1.29, 1.82) is 0 Å². The Hall–Kier alpha value is -3.55. The Bertz CT molecular complexity index is 889. The second kappa shape index (κ2) is 7.77. The molecule has 0 bridgehead atoms. The molecule has 3 rings (SSSR count). The average molecular weight is 368 g/mol. The van der Waals surface area contributed by atoms with E-state index in [1.165, 1.54) is 0 Å². The lowest BCUT2D eigenvalue weighted by molar-refractivity contribution is -0.138. The van der Waals surface area contributed by atoms with Gasteiger partial charge in [-0.1, -0.05) is 0 Å². The molecule has 1 heterocycles. The van der Waals surface area contributed by atoms with Crippen molar-refractivity contribution in [3.8, 4) is 5.75 Å². The number of carboxylic acids is 1. The number of nitrogens with one attached hydrogen (secondary N) is 1. The molecule has 0 aliphatic carbocycles. The van der Waals surface area contributed by atoms with Crippen LogP contribution in [0.3, 0.4) is 0 Å². The summed E-state index contributed by atoms with van der Waals surface area (Å²) in [6.45, 7) is 0.368. The van der Waals surface area contributed by atoms with E-state index >= 15 is 0 Å². The van der Waals surface area contributed by atoms with E-state index in [4.69, 9.17) is 21.3 Å². The minimum Gasteiger partial charge on any atom is -0.493 e. The average Bonchev–Trinajstić information content (AvgIpc) is 2.61. The number of ether oxygens (including phenoxy) is 1. The van der Waals surface area contributed by atoms with Crippen LogP contribution in [0, 0.1) is 5.92 Å². The summed E-state index contributed by atoms with van der Waals surface area (Å²) in [6.07, 6.45) is 0.605. The maximum Gasteiger partial charge on any atom is 0.303 e. The Kier molecular flexibility index (Phi) is 5.25. The van der Waals surface area contributed by atoms with Crippen LogP contribution in [0.15, 0.2) is 47.5 Å². The van der Waals surface area contributed by atoms with Gasteiger partial charge in [0.1, 0.15) is 5.75 Å². The van der Waals surface area contributed by atoms with Gasteiger partial charge in [0.15, 0.2) is 5.96 Å². The largest absolute Gasteiger partial charge is 0.493 e. The van der Waals surface area contributed by atoms with E-state index < -0.39 is 5.97 Å². The first-order valence-corrected chi connectivity index (χ1v) is 8.39. The number of aliphatic imine (C=N–C) groups is 1. The molecule has 1 aliphatic rings. The highest BCUT2D eigenvalue weighted by Crippen LogP contribution is 2.30.